The molecule has 2 atom stereocenters. The van der Waals surface area contributed by atoms with E-state index in [2.05, 4.69) is 17.4 Å². The monoisotopic (exact) mass is 422 g/mol. The van der Waals surface area contributed by atoms with Crippen molar-refractivity contribution in [1.82, 2.24) is 10.2 Å². The van der Waals surface area contributed by atoms with Gasteiger partial charge in [-0.2, -0.15) is 0 Å². The fourth-order valence-electron chi connectivity index (χ4n) is 4.67. The number of rotatable bonds is 6. The van der Waals surface area contributed by atoms with E-state index in [0.29, 0.717) is 13.0 Å². The predicted octanol–water partition coefficient (Wildman–Crippen LogP) is 3.38. The van der Waals surface area contributed by atoms with Crippen molar-refractivity contribution in [2.75, 3.05) is 13.2 Å². The zero-order valence-electron chi connectivity index (χ0n) is 17.4. The molecule has 2 aromatic carbocycles. The summed E-state index contributed by atoms with van der Waals surface area (Å²) in [6.45, 7) is 2.28. The third-order valence-electron chi connectivity index (χ3n) is 6.12. The summed E-state index contributed by atoms with van der Waals surface area (Å²) in [6, 6.07) is 15.1. The van der Waals surface area contributed by atoms with Gasteiger partial charge >= 0.3 is 12.1 Å². The molecular weight excluding hydrogens is 396 g/mol. The highest BCUT2D eigenvalue weighted by molar-refractivity contribution is 5.86. The molecule has 1 aliphatic carbocycles. The van der Waals surface area contributed by atoms with Crippen molar-refractivity contribution in [2.45, 2.75) is 44.2 Å². The number of likely N-dealkylation sites (tertiary alicyclic amines) is 1. The van der Waals surface area contributed by atoms with Crippen LogP contribution in [0, 0.1) is 0 Å². The molecule has 2 amide bonds. The third kappa shape index (κ3) is 4.26. The molecular formula is C24H26N2O5. The van der Waals surface area contributed by atoms with Crippen LogP contribution in [0.3, 0.4) is 0 Å². The Hall–Kier alpha value is -3.35. The van der Waals surface area contributed by atoms with Gasteiger partial charge in [0.15, 0.2) is 0 Å². The quantitative estimate of drug-likeness (QED) is 0.744. The van der Waals surface area contributed by atoms with Crippen molar-refractivity contribution < 1.29 is 24.2 Å². The van der Waals surface area contributed by atoms with Crippen molar-refractivity contribution in [3.8, 4) is 11.1 Å². The standard InChI is InChI=1S/C24H26N2O5/c1-15(23(29)26-12-6-7-16(26)13-22(27)28)25-24(30)31-14-21-19-10-4-2-8-17(19)18-9-3-5-11-20(18)21/h2-5,8-11,15-16,21H,6-7,12-14H2,1H3,(H,25,30)(H,27,28)/t15-,16-/m0/s1. The molecule has 0 spiro atoms. The van der Waals surface area contributed by atoms with Gasteiger partial charge < -0.3 is 20.1 Å². The molecule has 162 valence electrons. The Morgan fingerprint density at radius 3 is 2.32 bits per heavy atom. The minimum atomic E-state index is -0.929. The molecule has 31 heavy (non-hydrogen) atoms. The summed E-state index contributed by atoms with van der Waals surface area (Å²) in [4.78, 5) is 37.7. The van der Waals surface area contributed by atoms with Crippen LogP contribution in [0.1, 0.15) is 43.2 Å². The van der Waals surface area contributed by atoms with E-state index in [0.717, 1.165) is 28.7 Å². The fourth-order valence-corrected chi connectivity index (χ4v) is 4.67. The zero-order valence-corrected chi connectivity index (χ0v) is 17.4. The average Bonchev–Trinajstić information content (AvgIpc) is 3.33. The van der Waals surface area contributed by atoms with Crippen molar-refractivity contribution in [3.05, 3.63) is 59.7 Å². The molecule has 0 unspecified atom stereocenters. The van der Waals surface area contributed by atoms with Crippen LogP contribution in [0.4, 0.5) is 4.79 Å². The highest BCUT2D eigenvalue weighted by Crippen LogP contribution is 2.44. The van der Waals surface area contributed by atoms with E-state index in [1.54, 1.807) is 11.8 Å². The summed E-state index contributed by atoms with van der Waals surface area (Å²) >= 11 is 0. The van der Waals surface area contributed by atoms with Gasteiger partial charge in [0.25, 0.3) is 0 Å². The first-order valence-electron chi connectivity index (χ1n) is 10.6. The molecule has 2 aliphatic rings. The van der Waals surface area contributed by atoms with Gasteiger partial charge in [0, 0.05) is 18.5 Å². The molecule has 1 saturated heterocycles. The Labute approximate surface area is 181 Å². The number of carbonyl (C=O) groups is 3. The van der Waals surface area contributed by atoms with E-state index in [1.807, 2.05) is 36.4 Å². The minimum absolute atomic E-state index is 0.0531. The van der Waals surface area contributed by atoms with Crippen LogP contribution in [0.25, 0.3) is 11.1 Å². The number of carboxylic acid groups (broad SMARTS) is 1. The molecule has 7 nitrogen and oxygen atoms in total. The first-order valence-corrected chi connectivity index (χ1v) is 10.6. The topological polar surface area (TPSA) is 95.9 Å². The lowest BCUT2D eigenvalue weighted by atomic mass is 9.98. The molecule has 0 bridgehead atoms. The second kappa shape index (κ2) is 8.79. The molecule has 1 heterocycles. The number of fused-ring (bicyclic) bond motifs is 3. The smallest absolute Gasteiger partial charge is 0.407 e. The number of hydrogen-bond donors (Lipinski definition) is 2. The van der Waals surface area contributed by atoms with Crippen LogP contribution in [-0.4, -0.2) is 53.2 Å². The number of carbonyl (C=O) groups excluding carboxylic acids is 2. The Morgan fingerprint density at radius 1 is 1.10 bits per heavy atom. The first kappa shape index (κ1) is 20.9. The van der Waals surface area contributed by atoms with Crippen LogP contribution in [0.5, 0.6) is 0 Å². The van der Waals surface area contributed by atoms with Gasteiger partial charge in [-0.1, -0.05) is 48.5 Å². The molecule has 0 saturated carbocycles. The number of nitrogens with one attached hydrogen (secondary N) is 1. The van der Waals surface area contributed by atoms with Crippen molar-refractivity contribution in [3.63, 3.8) is 0 Å². The van der Waals surface area contributed by atoms with Crippen LogP contribution in [-0.2, 0) is 14.3 Å². The SMILES string of the molecule is C[C@H](NC(=O)OCC1c2ccccc2-c2ccccc21)C(=O)N1CCC[C@H]1CC(=O)O. The number of carboxylic acids is 1. The molecule has 2 aromatic rings. The second-order valence-corrected chi connectivity index (χ2v) is 8.12. The Balaban J connectivity index is 1.36. The Kier molecular flexibility index (Phi) is 5.93. The van der Waals surface area contributed by atoms with Gasteiger partial charge in [0.1, 0.15) is 12.6 Å². The van der Waals surface area contributed by atoms with E-state index in [4.69, 9.17) is 9.84 Å². The summed E-state index contributed by atoms with van der Waals surface area (Å²) < 4.78 is 5.50. The van der Waals surface area contributed by atoms with Gasteiger partial charge in [-0.15, -0.1) is 0 Å². The lowest BCUT2D eigenvalue weighted by Gasteiger charge is -2.27. The summed E-state index contributed by atoms with van der Waals surface area (Å²) in [5.41, 5.74) is 4.53. The zero-order chi connectivity index (χ0) is 22.0. The fraction of sp³-hybridized carbons (Fsp3) is 0.375. The van der Waals surface area contributed by atoms with E-state index in [-0.39, 0.29) is 30.9 Å². The minimum Gasteiger partial charge on any atom is -0.481 e. The predicted molar refractivity (Wildman–Crippen MR) is 115 cm³/mol. The number of benzene rings is 2. The van der Waals surface area contributed by atoms with Gasteiger partial charge in [-0.3, -0.25) is 9.59 Å². The van der Waals surface area contributed by atoms with Gasteiger partial charge in [-0.25, -0.2) is 4.79 Å². The number of alkyl carbamates (subject to hydrolysis) is 1. The highest BCUT2D eigenvalue weighted by Gasteiger charge is 2.34. The normalized spacial score (nSPS) is 18.2. The maximum absolute atomic E-state index is 12.7. The van der Waals surface area contributed by atoms with Gasteiger partial charge in [0.2, 0.25) is 5.91 Å². The third-order valence-corrected chi connectivity index (χ3v) is 6.12. The van der Waals surface area contributed by atoms with E-state index in [9.17, 15) is 14.4 Å². The number of ether oxygens (including phenoxy) is 1. The summed E-state index contributed by atoms with van der Waals surface area (Å²) in [5, 5.41) is 11.6. The number of nitrogens with zero attached hydrogens (tertiary/aromatic N) is 1. The Morgan fingerprint density at radius 2 is 1.71 bits per heavy atom. The van der Waals surface area contributed by atoms with Gasteiger partial charge in [-0.05, 0) is 42.0 Å². The first-order chi connectivity index (χ1) is 15.0. The molecule has 0 aromatic heterocycles. The summed E-state index contributed by atoms with van der Waals surface area (Å²) in [5.74, 6) is -1.26. The van der Waals surface area contributed by atoms with E-state index < -0.39 is 18.1 Å². The van der Waals surface area contributed by atoms with Crippen molar-refractivity contribution in [2.24, 2.45) is 0 Å². The van der Waals surface area contributed by atoms with Crippen molar-refractivity contribution >= 4 is 18.0 Å². The molecule has 4 rings (SSSR count). The Bertz CT molecular complexity index is 959. The van der Waals surface area contributed by atoms with Gasteiger partial charge in [0.05, 0.1) is 6.42 Å². The van der Waals surface area contributed by atoms with Crippen molar-refractivity contribution in [1.29, 1.82) is 0 Å². The van der Waals surface area contributed by atoms with Crippen LogP contribution < -0.4 is 5.32 Å². The van der Waals surface area contributed by atoms with Crippen LogP contribution in [0.15, 0.2) is 48.5 Å². The molecule has 0 radical (unpaired) electrons. The number of hydrogen-bond acceptors (Lipinski definition) is 4. The highest BCUT2D eigenvalue weighted by atomic mass is 16.5. The summed E-state index contributed by atoms with van der Waals surface area (Å²) in [6.07, 6.45) is 0.692. The van der Waals surface area contributed by atoms with E-state index >= 15 is 0 Å². The number of aliphatic carboxylic acids is 1. The number of amides is 2. The maximum atomic E-state index is 12.7. The largest absolute Gasteiger partial charge is 0.481 e. The molecule has 1 aliphatic heterocycles. The summed E-state index contributed by atoms with van der Waals surface area (Å²) in [7, 11) is 0. The molecule has 7 heteroatoms. The lowest BCUT2D eigenvalue weighted by molar-refractivity contribution is -0.140. The molecule has 1 fully saturated rings. The second-order valence-electron chi connectivity index (χ2n) is 8.12. The van der Waals surface area contributed by atoms with Crippen LogP contribution >= 0.6 is 0 Å². The average molecular weight is 422 g/mol. The molecule has 2 N–H and O–H groups in total. The van der Waals surface area contributed by atoms with E-state index in [1.165, 1.54) is 0 Å². The maximum Gasteiger partial charge on any atom is 0.407 e. The lowest BCUT2D eigenvalue weighted by Crippen LogP contribution is -2.49. The van der Waals surface area contributed by atoms with Crippen LogP contribution in [0.2, 0.25) is 0 Å².